The highest BCUT2D eigenvalue weighted by Gasteiger charge is 2.19. The number of ether oxygens (including phenoxy) is 4. The molecule has 2 heterocycles. The second-order valence-electron chi connectivity index (χ2n) is 8.46. The third kappa shape index (κ3) is 6.00. The van der Waals surface area contributed by atoms with Crippen LogP contribution in [-0.4, -0.2) is 82.2 Å². The zero-order valence-electron chi connectivity index (χ0n) is 20.2. The number of aliphatic hydroxyl groups is 1. The van der Waals surface area contributed by atoms with Crippen LogP contribution in [0.1, 0.15) is 17.2 Å². The van der Waals surface area contributed by atoms with Gasteiger partial charge in [-0.25, -0.2) is 0 Å². The topological polar surface area (TPSA) is 63.6 Å². The maximum atomic E-state index is 10.5. The minimum absolute atomic E-state index is 0.316. The van der Waals surface area contributed by atoms with Gasteiger partial charge in [0.25, 0.3) is 0 Å². The second-order valence-corrected chi connectivity index (χ2v) is 9.41. The molecule has 4 rings (SSSR count). The highest BCUT2D eigenvalue weighted by Crippen LogP contribution is 2.38. The Bertz CT molecular complexity index is 1040. The van der Waals surface area contributed by atoms with Crippen LogP contribution in [0.25, 0.3) is 10.1 Å². The zero-order valence-corrected chi connectivity index (χ0v) is 21.0. The molecule has 1 unspecified atom stereocenters. The van der Waals surface area contributed by atoms with Gasteiger partial charge in [0.2, 0.25) is 5.75 Å². The van der Waals surface area contributed by atoms with E-state index in [1.54, 1.807) is 32.7 Å². The standard InChI is InChI=1S/C26H34N2O5S/c1-30-23-14-19(15-24(31-2)26(23)32-3)17-28-9-7-27(8-10-28)11-12-33-18-22(29)20-4-5-25-21(16-20)6-13-34-25/h4-6,13-16,22,29H,7-12,17-18H2,1-3H3. The van der Waals surface area contributed by atoms with Crippen LogP contribution in [0.4, 0.5) is 0 Å². The van der Waals surface area contributed by atoms with Crippen molar-refractivity contribution in [1.29, 1.82) is 0 Å². The van der Waals surface area contributed by atoms with Crippen LogP contribution in [0, 0.1) is 0 Å². The Morgan fingerprint density at radius 3 is 2.29 bits per heavy atom. The lowest BCUT2D eigenvalue weighted by Gasteiger charge is -2.34. The number of aliphatic hydroxyl groups excluding tert-OH is 1. The largest absolute Gasteiger partial charge is 0.493 e. The van der Waals surface area contributed by atoms with Crippen LogP contribution < -0.4 is 14.2 Å². The molecule has 1 aromatic heterocycles. The Hall–Kier alpha value is -2.36. The number of methoxy groups -OCH3 is 3. The van der Waals surface area contributed by atoms with Gasteiger partial charge in [-0.05, 0) is 52.2 Å². The molecule has 0 saturated carbocycles. The fourth-order valence-corrected chi connectivity index (χ4v) is 5.10. The summed E-state index contributed by atoms with van der Waals surface area (Å²) in [6.07, 6.45) is -0.598. The molecule has 1 saturated heterocycles. The number of fused-ring (bicyclic) bond motifs is 1. The average molecular weight is 487 g/mol. The van der Waals surface area contributed by atoms with E-state index in [1.165, 1.54) is 10.1 Å². The molecule has 1 aliphatic rings. The molecule has 1 fully saturated rings. The molecule has 1 aliphatic heterocycles. The highest BCUT2D eigenvalue weighted by molar-refractivity contribution is 7.17. The first-order valence-corrected chi connectivity index (χ1v) is 12.5. The molecule has 1 N–H and O–H groups in total. The monoisotopic (exact) mass is 486 g/mol. The molecule has 1 atom stereocenters. The lowest BCUT2D eigenvalue weighted by atomic mass is 10.1. The number of piperazine rings is 1. The quantitative estimate of drug-likeness (QED) is 0.414. The van der Waals surface area contributed by atoms with Crippen LogP contribution in [0.15, 0.2) is 41.8 Å². The normalized spacial score (nSPS) is 16.0. The van der Waals surface area contributed by atoms with E-state index in [0.29, 0.717) is 30.5 Å². The Labute approximate surface area is 205 Å². The van der Waals surface area contributed by atoms with Gasteiger partial charge in [0.1, 0.15) is 6.10 Å². The van der Waals surface area contributed by atoms with Gasteiger partial charge in [-0.15, -0.1) is 11.3 Å². The number of hydrogen-bond acceptors (Lipinski definition) is 8. The van der Waals surface area contributed by atoms with Gasteiger partial charge in [-0.3, -0.25) is 9.80 Å². The molecule has 7 nitrogen and oxygen atoms in total. The summed E-state index contributed by atoms with van der Waals surface area (Å²) in [4.78, 5) is 4.85. The van der Waals surface area contributed by atoms with Crippen molar-refractivity contribution in [3.8, 4) is 17.2 Å². The van der Waals surface area contributed by atoms with Gasteiger partial charge >= 0.3 is 0 Å². The van der Waals surface area contributed by atoms with Gasteiger partial charge in [-0.1, -0.05) is 6.07 Å². The lowest BCUT2D eigenvalue weighted by molar-refractivity contribution is 0.0197. The molecule has 3 aromatic rings. The fourth-order valence-electron chi connectivity index (χ4n) is 4.33. The lowest BCUT2D eigenvalue weighted by Crippen LogP contribution is -2.46. The van der Waals surface area contributed by atoms with Crippen molar-refractivity contribution < 1.29 is 24.1 Å². The van der Waals surface area contributed by atoms with Crippen molar-refractivity contribution in [1.82, 2.24) is 9.80 Å². The molecule has 0 bridgehead atoms. The second kappa shape index (κ2) is 11.9. The summed E-state index contributed by atoms with van der Waals surface area (Å²) in [6, 6.07) is 12.2. The van der Waals surface area contributed by atoms with E-state index in [1.807, 2.05) is 24.3 Å². The highest BCUT2D eigenvalue weighted by atomic mass is 32.1. The number of thiophene rings is 1. The van der Waals surface area contributed by atoms with Crippen molar-refractivity contribution in [2.75, 3.05) is 67.3 Å². The first kappa shape index (κ1) is 24.8. The molecular formula is C26H34N2O5S. The maximum absolute atomic E-state index is 10.5. The maximum Gasteiger partial charge on any atom is 0.203 e. The Kier molecular flexibility index (Phi) is 8.64. The minimum atomic E-state index is -0.598. The molecule has 8 heteroatoms. The van der Waals surface area contributed by atoms with Crippen molar-refractivity contribution in [2.24, 2.45) is 0 Å². The van der Waals surface area contributed by atoms with E-state index in [-0.39, 0.29) is 0 Å². The predicted molar refractivity (Wildman–Crippen MR) is 135 cm³/mol. The zero-order chi connectivity index (χ0) is 23.9. The molecule has 0 amide bonds. The van der Waals surface area contributed by atoms with E-state index in [0.717, 1.165) is 50.4 Å². The van der Waals surface area contributed by atoms with E-state index < -0.39 is 6.10 Å². The van der Waals surface area contributed by atoms with Crippen LogP contribution in [0.3, 0.4) is 0 Å². The van der Waals surface area contributed by atoms with Crippen LogP contribution in [0.5, 0.6) is 17.2 Å². The van der Waals surface area contributed by atoms with E-state index in [9.17, 15) is 5.11 Å². The molecule has 0 aliphatic carbocycles. The van der Waals surface area contributed by atoms with Crippen LogP contribution >= 0.6 is 11.3 Å². The predicted octanol–water partition coefficient (Wildman–Crippen LogP) is 3.79. The third-order valence-corrected chi connectivity index (χ3v) is 7.18. The van der Waals surface area contributed by atoms with E-state index >= 15 is 0 Å². The van der Waals surface area contributed by atoms with Crippen molar-refractivity contribution >= 4 is 21.4 Å². The average Bonchev–Trinajstić information content (AvgIpc) is 3.34. The number of hydrogen-bond donors (Lipinski definition) is 1. The first-order valence-electron chi connectivity index (χ1n) is 11.6. The Balaban J connectivity index is 1.19. The summed E-state index contributed by atoms with van der Waals surface area (Å²) in [5, 5.41) is 13.7. The van der Waals surface area contributed by atoms with Gasteiger partial charge in [-0.2, -0.15) is 0 Å². The molecular weight excluding hydrogens is 452 g/mol. The molecule has 0 spiro atoms. The number of nitrogens with zero attached hydrogens (tertiary/aromatic N) is 2. The summed E-state index contributed by atoms with van der Waals surface area (Å²) in [7, 11) is 4.90. The third-order valence-electron chi connectivity index (χ3n) is 6.28. The minimum Gasteiger partial charge on any atom is -0.493 e. The summed E-state index contributed by atoms with van der Waals surface area (Å²) in [5.74, 6) is 1.99. The van der Waals surface area contributed by atoms with Crippen molar-refractivity contribution in [3.05, 3.63) is 52.9 Å². The molecule has 0 radical (unpaired) electrons. The van der Waals surface area contributed by atoms with Gasteiger partial charge in [0.15, 0.2) is 11.5 Å². The number of rotatable bonds is 11. The summed E-state index contributed by atoms with van der Waals surface area (Å²) >= 11 is 1.71. The summed E-state index contributed by atoms with van der Waals surface area (Å²) < 4.78 is 23.4. The molecule has 2 aromatic carbocycles. The van der Waals surface area contributed by atoms with Crippen LogP contribution in [-0.2, 0) is 11.3 Å². The van der Waals surface area contributed by atoms with E-state index in [2.05, 4.69) is 27.3 Å². The SMILES string of the molecule is COc1cc(CN2CCN(CCOCC(O)c3ccc4sccc4c3)CC2)cc(OC)c1OC. The number of benzene rings is 2. The molecule has 34 heavy (non-hydrogen) atoms. The Morgan fingerprint density at radius 1 is 0.912 bits per heavy atom. The van der Waals surface area contributed by atoms with Crippen LogP contribution in [0.2, 0.25) is 0 Å². The van der Waals surface area contributed by atoms with Crippen molar-refractivity contribution in [2.45, 2.75) is 12.6 Å². The summed E-state index contributed by atoms with van der Waals surface area (Å²) in [5.41, 5.74) is 2.05. The fraction of sp³-hybridized carbons (Fsp3) is 0.462. The smallest absolute Gasteiger partial charge is 0.203 e. The molecule has 184 valence electrons. The first-order chi connectivity index (χ1) is 16.6. The van der Waals surface area contributed by atoms with Gasteiger partial charge < -0.3 is 24.1 Å². The summed E-state index contributed by atoms with van der Waals surface area (Å²) in [6.45, 7) is 6.59. The Morgan fingerprint density at radius 2 is 1.62 bits per heavy atom. The van der Waals surface area contributed by atoms with E-state index in [4.69, 9.17) is 18.9 Å². The van der Waals surface area contributed by atoms with Gasteiger partial charge in [0, 0.05) is 44.0 Å². The van der Waals surface area contributed by atoms with Crippen molar-refractivity contribution in [3.63, 3.8) is 0 Å². The van der Waals surface area contributed by atoms with Gasteiger partial charge in [0.05, 0.1) is 34.5 Å².